The molecule has 0 bridgehead atoms. The summed E-state index contributed by atoms with van der Waals surface area (Å²) < 4.78 is 5.43. The molecule has 2 N–H and O–H groups in total. The average molecular weight is 246 g/mol. The van der Waals surface area contributed by atoms with Crippen molar-refractivity contribution in [3.63, 3.8) is 0 Å². The van der Waals surface area contributed by atoms with Crippen LogP contribution in [0.2, 0.25) is 0 Å². The van der Waals surface area contributed by atoms with Gasteiger partial charge in [-0.2, -0.15) is 0 Å². The maximum Gasteiger partial charge on any atom is 0.291 e. The van der Waals surface area contributed by atoms with Gasteiger partial charge in [0.25, 0.3) is 5.91 Å². The number of H-pyrrole nitrogens is 1. The molecule has 0 unspecified atom stereocenters. The van der Waals surface area contributed by atoms with Gasteiger partial charge in [-0.15, -0.1) is 5.10 Å². The summed E-state index contributed by atoms with van der Waals surface area (Å²) in [4.78, 5) is 15.5. The molecule has 2 rings (SSSR count). The van der Waals surface area contributed by atoms with Crippen molar-refractivity contribution in [2.45, 2.75) is 6.92 Å². The van der Waals surface area contributed by atoms with Gasteiger partial charge in [0.2, 0.25) is 5.82 Å². The number of ether oxygens (including phenoxy) is 1. The molecule has 18 heavy (non-hydrogen) atoms. The first-order valence-electron chi connectivity index (χ1n) is 5.61. The molecule has 0 atom stereocenters. The third kappa shape index (κ3) is 3.31. The van der Waals surface area contributed by atoms with Crippen LogP contribution in [-0.4, -0.2) is 34.2 Å². The number of nitrogens with one attached hydrogen (secondary N) is 2. The second kappa shape index (κ2) is 5.81. The zero-order chi connectivity index (χ0) is 12.8. The maximum atomic E-state index is 11.6. The molecule has 1 amide bonds. The molecule has 0 spiro atoms. The van der Waals surface area contributed by atoms with Crippen molar-refractivity contribution in [1.82, 2.24) is 20.5 Å². The molecular weight excluding hydrogens is 232 g/mol. The second-order valence-corrected chi connectivity index (χ2v) is 3.66. The lowest BCUT2D eigenvalue weighted by Crippen LogP contribution is -2.29. The lowest BCUT2D eigenvalue weighted by atomic mass is 10.3. The molecule has 0 aliphatic heterocycles. The summed E-state index contributed by atoms with van der Waals surface area (Å²) in [5.74, 6) is 1.23. The Morgan fingerprint density at radius 2 is 2.17 bits per heavy atom. The molecule has 6 heteroatoms. The number of amides is 1. The Morgan fingerprint density at radius 3 is 2.83 bits per heavy atom. The van der Waals surface area contributed by atoms with Crippen LogP contribution in [0.4, 0.5) is 0 Å². The Morgan fingerprint density at radius 1 is 1.39 bits per heavy atom. The smallest absolute Gasteiger partial charge is 0.291 e. The Labute approximate surface area is 104 Å². The number of hydrogen-bond donors (Lipinski definition) is 2. The minimum absolute atomic E-state index is 0.146. The molecule has 1 aromatic heterocycles. The molecule has 0 saturated heterocycles. The Balaban J connectivity index is 1.71. The summed E-state index contributed by atoms with van der Waals surface area (Å²) in [7, 11) is 0. The zero-order valence-corrected chi connectivity index (χ0v) is 10.0. The lowest BCUT2D eigenvalue weighted by Gasteiger charge is -2.06. The number of aromatic nitrogens is 3. The molecule has 1 aromatic carbocycles. The van der Waals surface area contributed by atoms with Crippen LogP contribution in [0.25, 0.3) is 0 Å². The van der Waals surface area contributed by atoms with Crippen LogP contribution in [0.5, 0.6) is 5.75 Å². The van der Waals surface area contributed by atoms with Gasteiger partial charge in [-0.1, -0.05) is 18.2 Å². The van der Waals surface area contributed by atoms with Gasteiger partial charge in [-0.05, 0) is 19.1 Å². The normalized spacial score (nSPS) is 10.1. The standard InChI is InChI=1S/C12H14N4O2/c1-9-14-11(16-15-9)12(17)13-7-8-18-10-5-3-2-4-6-10/h2-6H,7-8H2,1H3,(H,13,17)(H,14,15,16). The highest BCUT2D eigenvalue weighted by molar-refractivity contribution is 5.90. The fraction of sp³-hybridized carbons (Fsp3) is 0.250. The van der Waals surface area contributed by atoms with E-state index in [1.54, 1.807) is 6.92 Å². The van der Waals surface area contributed by atoms with Crippen molar-refractivity contribution in [2.24, 2.45) is 0 Å². The Bertz CT molecular complexity index is 510. The molecule has 0 aliphatic carbocycles. The predicted octanol–water partition coefficient (Wildman–Crippen LogP) is 0.922. The summed E-state index contributed by atoms with van der Waals surface area (Å²) >= 11 is 0. The highest BCUT2D eigenvalue weighted by Gasteiger charge is 2.09. The van der Waals surface area contributed by atoms with Crippen LogP contribution in [0.3, 0.4) is 0 Å². The van der Waals surface area contributed by atoms with Crippen molar-refractivity contribution >= 4 is 5.91 Å². The van der Waals surface area contributed by atoms with Crippen LogP contribution in [-0.2, 0) is 0 Å². The highest BCUT2D eigenvalue weighted by atomic mass is 16.5. The number of benzene rings is 1. The zero-order valence-electron chi connectivity index (χ0n) is 10.0. The van der Waals surface area contributed by atoms with Crippen molar-refractivity contribution in [3.05, 3.63) is 42.0 Å². The van der Waals surface area contributed by atoms with E-state index in [9.17, 15) is 4.79 Å². The van der Waals surface area contributed by atoms with Crippen molar-refractivity contribution in [1.29, 1.82) is 0 Å². The maximum absolute atomic E-state index is 11.6. The lowest BCUT2D eigenvalue weighted by molar-refractivity contribution is 0.0937. The van der Waals surface area contributed by atoms with E-state index in [2.05, 4.69) is 20.5 Å². The van der Waals surface area contributed by atoms with Gasteiger partial charge in [0.1, 0.15) is 18.2 Å². The van der Waals surface area contributed by atoms with Gasteiger partial charge in [0.05, 0.1) is 6.54 Å². The first-order valence-corrected chi connectivity index (χ1v) is 5.61. The van der Waals surface area contributed by atoms with Crippen LogP contribution < -0.4 is 10.1 Å². The molecule has 0 saturated carbocycles. The number of carbonyl (C=O) groups excluding carboxylic acids is 1. The van der Waals surface area contributed by atoms with Gasteiger partial charge in [-0.25, -0.2) is 4.98 Å². The summed E-state index contributed by atoms with van der Waals surface area (Å²) in [5, 5.41) is 9.05. The molecule has 94 valence electrons. The van der Waals surface area contributed by atoms with Gasteiger partial charge >= 0.3 is 0 Å². The second-order valence-electron chi connectivity index (χ2n) is 3.66. The number of aromatic amines is 1. The van der Waals surface area contributed by atoms with Gasteiger partial charge < -0.3 is 10.1 Å². The summed E-state index contributed by atoms with van der Waals surface area (Å²) in [6.45, 7) is 2.54. The third-order valence-corrected chi connectivity index (χ3v) is 2.20. The number of rotatable bonds is 5. The highest BCUT2D eigenvalue weighted by Crippen LogP contribution is 2.07. The molecule has 2 aromatic rings. The topological polar surface area (TPSA) is 79.9 Å². The number of para-hydroxylation sites is 1. The third-order valence-electron chi connectivity index (χ3n) is 2.20. The van der Waals surface area contributed by atoms with E-state index >= 15 is 0 Å². The molecule has 6 nitrogen and oxygen atoms in total. The summed E-state index contributed by atoms with van der Waals surface area (Å²) in [6, 6.07) is 9.43. The molecule has 0 fully saturated rings. The average Bonchev–Trinajstić information content (AvgIpc) is 2.82. The van der Waals surface area contributed by atoms with Gasteiger partial charge in [-0.3, -0.25) is 9.89 Å². The fourth-order valence-electron chi connectivity index (χ4n) is 1.37. The number of nitrogens with zero attached hydrogens (tertiary/aromatic N) is 2. The molecule has 0 radical (unpaired) electrons. The molecule has 0 aliphatic rings. The van der Waals surface area contributed by atoms with Crippen LogP contribution in [0.15, 0.2) is 30.3 Å². The Hall–Kier alpha value is -2.37. The number of hydrogen-bond acceptors (Lipinski definition) is 4. The van der Waals surface area contributed by atoms with E-state index in [4.69, 9.17) is 4.74 Å². The number of aryl methyl sites for hydroxylation is 1. The summed E-state index contributed by atoms with van der Waals surface area (Å²) in [5.41, 5.74) is 0. The van der Waals surface area contributed by atoms with Crippen molar-refractivity contribution < 1.29 is 9.53 Å². The SMILES string of the molecule is Cc1nc(C(=O)NCCOc2ccccc2)n[nH]1. The monoisotopic (exact) mass is 246 g/mol. The summed E-state index contributed by atoms with van der Waals surface area (Å²) in [6.07, 6.45) is 0. The van der Waals surface area contributed by atoms with E-state index in [1.165, 1.54) is 0 Å². The fourth-order valence-corrected chi connectivity index (χ4v) is 1.37. The molecular formula is C12H14N4O2. The van der Waals surface area contributed by atoms with Crippen LogP contribution in [0, 0.1) is 6.92 Å². The Kier molecular flexibility index (Phi) is 3.90. The first kappa shape index (κ1) is 12.1. The quantitative estimate of drug-likeness (QED) is 0.769. The predicted molar refractivity (Wildman–Crippen MR) is 65.4 cm³/mol. The minimum atomic E-state index is -0.309. The van der Waals surface area contributed by atoms with E-state index in [-0.39, 0.29) is 11.7 Å². The van der Waals surface area contributed by atoms with Crippen molar-refractivity contribution in [2.75, 3.05) is 13.2 Å². The van der Waals surface area contributed by atoms with Gasteiger partial charge in [0.15, 0.2) is 0 Å². The van der Waals surface area contributed by atoms with Crippen LogP contribution in [0.1, 0.15) is 16.4 Å². The van der Waals surface area contributed by atoms with Gasteiger partial charge in [0, 0.05) is 0 Å². The van der Waals surface area contributed by atoms with Crippen molar-refractivity contribution in [3.8, 4) is 5.75 Å². The van der Waals surface area contributed by atoms with E-state index in [0.717, 1.165) is 5.75 Å². The largest absolute Gasteiger partial charge is 0.492 e. The van der Waals surface area contributed by atoms with E-state index in [1.807, 2.05) is 30.3 Å². The minimum Gasteiger partial charge on any atom is -0.492 e. The van der Waals surface area contributed by atoms with Crippen LogP contribution >= 0.6 is 0 Å². The van der Waals surface area contributed by atoms with E-state index in [0.29, 0.717) is 19.0 Å². The number of carbonyl (C=O) groups is 1. The molecule has 1 heterocycles. The van der Waals surface area contributed by atoms with E-state index < -0.39 is 0 Å². The first-order chi connectivity index (χ1) is 8.75.